The average molecular weight is 302 g/mol. The molecule has 0 amide bonds. The van der Waals surface area contributed by atoms with Gasteiger partial charge in [-0.25, -0.2) is 18.7 Å². The molecule has 0 bridgehead atoms. The van der Waals surface area contributed by atoms with Crippen LogP contribution in [0.15, 0.2) is 6.07 Å². The molecule has 0 saturated heterocycles. The van der Waals surface area contributed by atoms with Crippen LogP contribution in [-0.4, -0.2) is 42.7 Å². The summed E-state index contributed by atoms with van der Waals surface area (Å²) in [5.41, 5.74) is 0. The van der Waals surface area contributed by atoms with Crippen LogP contribution in [0, 0.1) is 0 Å². The third-order valence-corrected chi connectivity index (χ3v) is 2.61. The van der Waals surface area contributed by atoms with Crippen molar-refractivity contribution in [1.29, 1.82) is 0 Å². The zero-order valence-corrected chi connectivity index (χ0v) is 12.8. The summed E-state index contributed by atoms with van der Waals surface area (Å²) >= 11 is 0. The standard InChI is InChI=1S/C14H24F2N4O/c1-4-5-17-12-8-13(20-14(19-12)10(2)3)18-6-7-21-9-11(15)16/h8,10-11H,4-7,9H2,1-3H3,(H2,17,18,19,20). The molecule has 1 aromatic rings. The number of hydrogen-bond acceptors (Lipinski definition) is 5. The van der Waals surface area contributed by atoms with Crippen molar-refractivity contribution in [3.63, 3.8) is 0 Å². The van der Waals surface area contributed by atoms with Crippen LogP contribution in [0.1, 0.15) is 38.9 Å². The predicted molar refractivity (Wildman–Crippen MR) is 80.2 cm³/mol. The van der Waals surface area contributed by atoms with E-state index in [9.17, 15) is 8.78 Å². The molecule has 0 fully saturated rings. The van der Waals surface area contributed by atoms with E-state index in [4.69, 9.17) is 4.74 Å². The minimum Gasteiger partial charge on any atom is -0.374 e. The molecule has 7 heteroatoms. The number of alkyl halides is 2. The molecule has 0 saturated carbocycles. The van der Waals surface area contributed by atoms with Crippen molar-refractivity contribution >= 4 is 11.6 Å². The lowest BCUT2D eigenvalue weighted by Crippen LogP contribution is -2.15. The molecular formula is C14H24F2N4O. The maximum atomic E-state index is 11.9. The zero-order valence-electron chi connectivity index (χ0n) is 12.8. The van der Waals surface area contributed by atoms with E-state index >= 15 is 0 Å². The van der Waals surface area contributed by atoms with E-state index in [1.807, 2.05) is 19.9 Å². The molecule has 1 heterocycles. The highest BCUT2D eigenvalue weighted by Crippen LogP contribution is 2.16. The van der Waals surface area contributed by atoms with Crippen molar-refractivity contribution in [2.45, 2.75) is 39.5 Å². The Balaban J connectivity index is 2.56. The number of ether oxygens (including phenoxy) is 1. The van der Waals surface area contributed by atoms with Gasteiger partial charge >= 0.3 is 0 Å². The largest absolute Gasteiger partial charge is 0.374 e. The van der Waals surface area contributed by atoms with Gasteiger partial charge in [-0.3, -0.25) is 0 Å². The smallest absolute Gasteiger partial charge is 0.261 e. The molecule has 2 N–H and O–H groups in total. The molecule has 21 heavy (non-hydrogen) atoms. The molecule has 0 unspecified atom stereocenters. The van der Waals surface area contributed by atoms with Gasteiger partial charge in [-0.15, -0.1) is 0 Å². The monoisotopic (exact) mass is 302 g/mol. The lowest BCUT2D eigenvalue weighted by molar-refractivity contribution is 0.0215. The van der Waals surface area contributed by atoms with Crippen LogP contribution < -0.4 is 10.6 Å². The predicted octanol–water partition coefficient (Wildman–Crippen LogP) is 3.12. The van der Waals surface area contributed by atoms with Crippen LogP contribution in [0.25, 0.3) is 0 Å². The summed E-state index contributed by atoms with van der Waals surface area (Å²) in [6.45, 7) is 7.06. The second-order valence-corrected chi connectivity index (χ2v) is 4.97. The van der Waals surface area contributed by atoms with E-state index < -0.39 is 13.0 Å². The molecule has 1 aromatic heterocycles. The van der Waals surface area contributed by atoms with Crippen LogP contribution in [0.3, 0.4) is 0 Å². The van der Waals surface area contributed by atoms with Gasteiger partial charge in [0.1, 0.15) is 24.1 Å². The zero-order chi connectivity index (χ0) is 15.7. The fourth-order valence-corrected chi connectivity index (χ4v) is 1.58. The van der Waals surface area contributed by atoms with Gasteiger partial charge in [-0.1, -0.05) is 20.8 Å². The molecule has 5 nitrogen and oxygen atoms in total. The number of nitrogens with one attached hydrogen (secondary N) is 2. The summed E-state index contributed by atoms with van der Waals surface area (Å²) in [6, 6.07) is 1.81. The van der Waals surface area contributed by atoms with Crippen molar-refractivity contribution in [1.82, 2.24) is 9.97 Å². The average Bonchev–Trinajstić information content (AvgIpc) is 2.44. The highest BCUT2D eigenvalue weighted by Gasteiger charge is 2.08. The third kappa shape index (κ3) is 7.17. The summed E-state index contributed by atoms with van der Waals surface area (Å²) in [6.07, 6.45) is -1.42. The first-order chi connectivity index (χ1) is 10.0. The first-order valence-electron chi connectivity index (χ1n) is 7.25. The van der Waals surface area contributed by atoms with E-state index in [1.54, 1.807) is 0 Å². The summed E-state index contributed by atoms with van der Waals surface area (Å²) in [4.78, 5) is 8.85. The Morgan fingerprint density at radius 3 is 2.29 bits per heavy atom. The summed E-state index contributed by atoms with van der Waals surface area (Å²) in [5, 5.41) is 6.29. The summed E-state index contributed by atoms with van der Waals surface area (Å²) in [5.74, 6) is 2.40. The van der Waals surface area contributed by atoms with Gasteiger partial charge in [-0.05, 0) is 6.42 Å². The molecule has 0 aliphatic rings. The van der Waals surface area contributed by atoms with Gasteiger partial charge in [-0.2, -0.15) is 0 Å². The number of nitrogens with zero attached hydrogens (tertiary/aromatic N) is 2. The van der Waals surface area contributed by atoms with Gasteiger partial charge in [0.2, 0.25) is 0 Å². The van der Waals surface area contributed by atoms with Crippen LogP contribution in [0.4, 0.5) is 20.4 Å². The van der Waals surface area contributed by atoms with Crippen LogP contribution in [0.2, 0.25) is 0 Å². The first kappa shape index (κ1) is 17.6. The maximum absolute atomic E-state index is 11.9. The Hall–Kier alpha value is -1.50. The lowest BCUT2D eigenvalue weighted by Gasteiger charge is -2.12. The fraction of sp³-hybridized carbons (Fsp3) is 0.714. The summed E-state index contributed by atoms with van der Waals surface area (Å²) < 4.78 is 28.7. The Morgan fingerprint density at radius 2 is 1.76 bits per heavy atom. The SMILES string of the molecule is CCCNc1cc(NCCOCC(F)F)nc(C(C)C)n1. The molecule has 0 aromatic carbocycles. The van der Waals surface area contributed by atoms with E-state index in [0.717, 1.165) is 24.6 Å². The Labute approximate surface area is 124 Å². The maximum Gasteiger partial charge on any atom is 0.261 e. The quantitative estimate of drug-likeness (QED) is 0.650. The fourth-order valence-electron chi connectivity index (χ4n) is 1.58. The van der Waals surface area contributed by atoms with Crippen molar-refractivity contribution in [2.75, 3.05) is 36.9 Å². The second-order valence-electron chi connectivity index (χ2n) is 4.97. The number of rotatable bonds is 10. The van der Waals surface area contributed by atoms with Gasteiger partial charge in [0, 0.05) is 25.1 Å². The minimum atomic E-state index is -2.43. The van der Waals surface area contributed by atoms with Gasteiger partial charge in [0.25, 0.3) is 6.43 Å². The van der Waals surface area contributed by atoms with E-state index in [0.29, 0.717) is 12.4 Å². The highest BCUT2D eigenvalue weighted by molar-refractivity contribution is 5.47. The van der Waals surface area contributed by atoms with Crippen LogP contribution in [-0.2, 0) is 4.74 Å². The molecule has 0 spiro atoms. The van der Waals surface area contributed by atoms with Crippen LogP contribution >= 0.6 is 0 Å². The van der Waals surface area contributed by atoms with E-state index in [-0.39, 0.29) is 12.5 Å². The van der Waals surface area contributed by atoms with Crippen LogP contribution in [0.5, 0.6) is 0 Å². The highest BCUT2D eigenvalue weighted by atomic mass is 19.3. The van der Waals surface area contributed by atoms with Gasteiger partial charge in [0.05, 0.1) is 6.61 Å². The van der Waals surface area contributed by atoms with Gasteiger partial charge in [0.15, 0.2) is 0 Å². The molecule has 0 aliphatic carbocycles. The molecule has 1 rings (SSSR count). The minimum absolute atomic E-state index is 0.211. The summed E-state index contributed by atoms with van der Waals surface area (Å²) in [7, 11) is 0. The molecule has 0 radical (unpaired) electrons. The Bertz CT molecular complexity index is 416. The Kier molecular flexibility index (Phi) is 7.89. The molecule has 120 valence electrons. The number of anilines is 2. The molecular weight excluding hydrogens is 278 g/mol. The van der Waals surface area contributed by atoms with Crippen molar-refractivity contribution in [2.24, 2.45) is 0 Å². The topological polar surface area (TPSA) is 59.1 Å². The van der Waals surface area contributed by atoms with E-state index in [2.05, 4.69) is 27.5 Å². The Morgan fingerprint density at radius 1 is 1.14 bits per heavy atom. The molecule has 0 aliphatic heterocycles. The normalized spacial score (nSPS) is 11.2. The van der Waals surface area contributed by atoms with Gasteiger partial charge < -0.3 is 15.4 Å². The molecule has 0 atom stereocenters. The van der Waals surface area contributed by atoms with Crippen molar-refractivity contribution in [3.8, 4) is 0 Å². The lowest BCUT2D eigenvalue weighted by atomic mass is 10.2. The second kappa shape index (κ2) is 9.44. The number of hydrogen-bond donors (Lipinski definition) is 2. The number of aromatic nitrogens is 2. The number of halogens is 2. The van der Waals surface area contributed by atoms with E-state index in [1.165, 1.54) is 0 Å². The third-order valence-electron chi connectivity index (χ3n) is 2.61. The first-order valence-corrected chi connectivity index (χ1v) is 7.25. The van der Waals surface area contributed by atoms with Crippen molar-refractivity contribution < 1.29 is 13.5 Å². The van der Waals surface area contributed by atoms with Crippen molar-refractivity contribution in [3.05, 3.63) is 11.9 Å².